The fraction of sp³-hybridized carbons (Fsp3) is 0.896. The van der Waals surface area contributed by atoms with Crippen LogP contribution in [-0.4, -0.2) is 87.5 Å². The number of carbonyl (C=O) groups excluding carboxylic acids is 1. The fourth-order valence-electron chi connectivity index (χ4n) is 7.62. The molecule has 0 aromatic carbocycles. The van der Waals surface area contributed by atoms with Crippen molar-refractivity contribution in [2.45, 2.75) is 262 Å². The van der Waals surface area contributed by atoms with Crippen LogP contribution in [0.3, 0.4) is 0 Å². The number of unbranched alkanes of at least 4 members (excludes halogenated alkanes) is 28. The van der Waals surface area contributed by atoms with Crippen molar-refractivity contribution in [1.29, 1.82) is 0 Å². The summed E-state index contributed by atoms with van der Waals surface area (Å²) in [5.41, 5.74) is 0. The standard InChI is InChI=1S/C48H91NO8/c1-3-5-7-9-11-13-15-17-18-19-20-21-22-23-24-26-28-30-32-34-36-38-44(52)49-41(40-56-48-47(55)46(54)45(53)43(39-50)57-48)42(51)37-35-33-31-29-27-25-16-14-12-10-8-6-4-2/h17-18,35,37,41-43,45-48,50-51,53-55H,3-16,19-34,36,38-40H2,1-2H3,(H,49,52)/b18-17-,37-35+/t41?,42-,43-,45+,46+,47-,48+/m1/s1. The average Bonchev–Trinajstić information content (AvgIpc) is 3.21. The number of aliphatic hydroxyl groups is 5. The molecule has 0 aliphatic carbocycles. The number of rotatable bonds is 40. The first-order chi connectivity index (χ1) is 27.8. The van der Waals surface area contributed by atoms with Gasteiger partial charge in [0.05, 0.1) is 25.4 Å². The van der Waals surface area contributed by atoms with E-state index in [0.29, 0.717) is 6.42 Å². The Morgan fingerprint density at radius 2 is 0.982 bits per heavy atom. The first kappa shape index (κ1) is 53.7. The zero-order valence-electron chi connectivity index (χ0n) is 36.9. The van der Waals surface area contributed by atoms with Crippen molar-refractivity contribution in [3.8, 4) is 0 Å². The number of allylic oxidation sites excluding steroid dienone is 3. The number of hydrogen-bond donors (Lipinski definition) is 6. The quantitative estimate of drug-likeness (QED) is 0.0265. The molecule has 1 aliphatic rings. The van der Waals surface area contributed by atoms with Gasteiger partial charge in [-0.1, -0.05) is 192 Å². The highest BCUT2D eigenvalue weighted by Crippen LogP contribution is 2.23. The van der Waals surface area contributed by atoms with Crippen molar-refractivity contribution in [3.05, 3.63) is 24.3 Å². The lowest BCUT2D eigenvalue weighted by Gasteiger charge is -2.40. The van der Waals surface area contributed by atoms with Crippen molar-refractivity contribution in [2.24, 2.45) is 0 Å². The van der Waals surface area contributed by atoms with Crippen molar-refractivity contribution in [2.75, 3.05) is 13.2 Å². The van der Waals surface area contributed by atoms with Gasteiger partial charge in [-0.25, -0.2) is 0 Å². The van der Waals surface area contributed by atoms with E-state index < -0.39 is 49.5 Å². The molecule has 0 aromatic heterocycles. The van der Waals surface area contributed by atoms with E-state index in [0.717, 1.165) is 38.5 Å². The van der Waals surface area contributed by atoms with Gasteiger partial charge in [-0.05, 0) is 44.9 Å². The second-order valence-corrected chi connectivity index (χ2v) is 16.9. The minimum Gasteiger partial charge on any atom is -0.394 e. The van der Waals surface area contributed by atoms with Crippen molar-refractivity contribution in [3.63, 3.8) is 0 Å². The molecule has 1 fully saturated rings. The van der Waals surface area contributed by atoms with Crippen LogP contribution in [0.2, 0.25) is 0 Å². The summed E-state index contributed by atoms with van der Waals surface area (Å²) in [6.45, 7) is 3.77. The third kappa shape index (κ3) is 29.5. The van der Waals surface area contributed by atoms with Crippen molar-refractivity contribution < 1.29 is 39.8 Å². The molecule has 336 valence electrons. The van der Waals surface area contributed by atoms with Gasteiger partial charge in [0.25, 0.3) is 0 Å². The maximum absolute atomic E-state index is 13.0. The molecule has 0 aromatic rings. The Balaban J connectivity index is 2.29. The van der Waals surface area contributed by atoms with Crippen LogP contribution in [0.4, 0.5) is 0 Å². The van der Waals surface area contributed by atoms with Gasteiger partial charge in [0.15, 0.2) is 6.29 Å². The zero-order chi connectivity index (χ0) is 41.6. The normalized spacial score (nSPS) is 21.1. The second kappa shape index (κ2) is 38.8. The predicted octanol–water partition coefficient (Wildman–Crippen LogP) is 10.3. The molecule has 9 heteroatoms. The largest absolute Gasteiger partial charge is 0.394 e. The Morgan fingerprint density at radius 1 is 0.579 bits per heavy atom. The van der Waals surface area contributed by atoms with E-state index in [2.05, 4.69) is 31.3 Å². The third-order valence-corrected chi connectivity index (χ3v) is 11.5. The van der Waals surface area contributed by atoms with Gasteiger partial charge < -0.3 is 40.3 Å². The Kier molecular flexibility index (Phi) is 36.6. The second-order valence-electron chi connectivity index (χ2n) is 16.9. The summed E-state index contributed by atoms with van der Waals surface area (Å²) in [4.78, 5) is 13.0. The Labute approximate surface area is 349 Å². The van der Waals surface area contributed by atoms with E-state index >= 15 is 0 Å². The van der Waals surface area contributed by atoms with Crippen LogP contribution in [0.5, 0.6) is 0 Å². The molecule has 1 heterocycles. The lowest BCUT2D eigenvalue weighted by atomic mass is 9.99. The molecule has 6 N–H and O–H groups in total. The van der Waals surface area contributed by atoms with Gasteiger partial charge in [-0.2, -0.15) is 0 Å². The lowest BCUT2D eigenvalue weighted by Crippen LogP contribution is -2.60. The van der Waals surface area contributed by atoms with Crippen LogP contribution in [0.25, 0.3) is 0 Å². The van der Waals surface area contributed by atoms with Crippen LogP contribution in [-0.2, 0) is 14.3 Å². The molecule has 57 heavy (non-hydrogen) atoms. The van der Waals surface area contributed by atoms with E-state index in [1.165, 1.54) is 161 Å². The SMILES string of the molecule is CCCCCCCC/C=C\CCCCCCCCCCCCCC(=O)NC(CO[C@H]1O[C@H](CO)[C@H](O)[C@H](O)[C@H]1O)[C@H](O)/C=C/CCCCCCCCCCCCC. The Bertz CT molecular complexity index is 945. The first-order valence-corrected chi connectivity index (χ1v) is 24.1. The molecule has 9 nitrogen and oxygen atoms in total. The number of amides is 1. The highest BCUT2D eigenvalue weighted by Gasteiger charge is 2.44. The first-order valence-electron chi connectivity index (χ1n) is 24.1. The molecule has 1 rings (SSSR count). The highest BCUT2D eigenvalue weighted by molar-refractivity contribution is 5.76. The highest BCUT2D eigenvalue weighted by atomic mass is 16.7. The molecular formula is C48H91NO8. The zero-order valence-corrected chi connectivity index (χ0v) is 36.9. The molecule has 0 bridgehead atoms. The molecule has 1 saturated heterocycles. The van der Waals surface area contributed by atoms with Crippen molar-refractivity contribution in [1.82, 2.24) is 5.32 Å². The van der Waals surface area contributed by atoms with Crippen LogP contribution in [0, 0.1) is 0 Å². The topological polar surface area (TPSA) is 149 Å². The summed E-state index contributed by atoms with van der Waals surface area (Å²) in [5, 5.41) is 54.2. The van der Waals surface area contributed by atoms with Gasteiger partial charge in [0.2, 0.25) is 5.91 Å². The Hall–Kier alpha value is -1.33. The minimum absolute atomic E-state index is 0.177. The summed E-state index contributed by atoms with van der Waals surface area (Å²) in [5.74, 6) is -0.177. The summed E-state index contributed by atoms with van der Waals surface area (Å²) in [6, 6.07) is -0.801. The van der Waals surface area contributed by atoms with Crippen LogP contribution >= 0.6 is 0 Å². The molecule has 0 saturated carbocycles. The van der Waals surface area contributed by atoms with Crippen LogP contribution in [0.15, 0.2) is 24.3 Å². The predicted molar refractivity (Wildman–Crippen MR) is 235 cm³/mol. The fourth-order valence-corrected chi connectivity index (χ4v) is 7.62. The van der Waals surface area contributed by atoms with Crippen LogP contribution in [0.1, 0.15) is 219 Å². The number of aliphatic hydroxyl groups excluding tert-OH is 5. The minimum atomic E-state index is -1.56. The number of hydrogen-bond acceptors (Lipinski definition) is 8. The van der Waals surface area contributed by atoms with Gasteiger partial charge >= 0.3 is 0 Å². The Morgan fingerprint density at radius 3 is 1.42 bits per heavy atom. The molecular weight excluding hydrogens is 719 g/mol. The molecule has 7 atom stereocenters. The molecule has 0 spiro atoms. The molecule has 1 unspecified atom stereocenters. The average molecular weight is 810 g/mol. The summed E-state index contributed by atoms with van der Waals surface area (Å²) >= 11 is 0. The molecule has 1 amide bonds. The van der Waals surface area contributed by atoms with Crippen LogP contribution < -0.4 is 5.32 Å². The molecule has 1 aliphatic heterocycles. The molecule has 0 radical (unpaired) electrons. The number of ether oxygens (including phenoxy) is 2. The van der Waals surface area contributed by atoms with E-state index in [9.17, 15) is 30.3 Å². The van der Waals surface area contributed by atoms with Crippen molar-refractivity contribution >= 4 is 5.91 Å². The summed E-state index contributed by atoms with van der Waals surface area (Å²) < 4.78 is 11.2. The van der Waals surface area contributed by atoms with Gasteiger partial charge in [-0.15, -0.1) is 0 Å². The third-order valence-electron chi connectivity index (χ3n) is 11.5. The maximum atomic E-state index is 13.0. The smallest absolute Gasteiger partial charge is 0.220 e. The van der Waals surface area contributed by atoms with E-state index in [1.54, 1.807) is 6.08 Å². The van der Waals surface area contributed by atoms with Gasteiger partial charge in [0.1, 0.15) is 24.4 Å². The van der Waals surface area contributed by atoms with E-state index in [-0.39, 0.29) is 12.5 Å². The van der Waals surface area contributed by atoms with E-state index in [1.807, 2.05) is 6.08 Å². The number of nitrogens with one attached hydrogen (secondary N) is 1. The summed E-state index contributed by atoms with van der Waals surface area (Å²) in [7, 11) is 0. The number of carbonyl (C=O) groups is 1. The monoisotopic (exact) mass is 810 g/mol. The van der Waals surface area contributed by atoms with Gasteiger partial charge in [0, 0.05) is 6.42 Å². The maximum Gasteiger partial charge on any atom is 0.220 e. The van der Waals surface area contributed by atoms with E-state index in [4.69, 9.17) is 9.47 Å². The summed E-state index contributed by atoms with van der Waals surface area (Å²) in [6.07, 6.45) is 39.3. The lowest BCUT2D eigenvalue weighted by molar-refractivity contribution is -0.302. The van der Waals surface area contributed by atoms with Gasteiger partial charge in [-0.3, -0.25) is 4.79 Å².